The Morgan fingerprint density at radius 1 is 0.818 bits per heavy atom. The number of hydrogen-bond acceptors (Lipinski definition) is 5. The summed E-state index contributed by atoms with van der Waals surface area (Å²) < 4.78 is 6.05. The van der Waals surface area contributed by atoms with Gasteiger partial charge in [-0.25, -0.2) is 4.98 Å². The van der Waals surface area contributed by atoms with E-state index in [0.717, 1.165) is 38.8 Å². The van der Waals surface area contributed by atoms with Gasteiger partial charge in [-0.15, -0.1) is 0 Å². The van der Waals surface area contributed by atoms with Crippen molar-refractivity contribution in [3.05, 3.63) is 90.8 Å². The molecule has 0 radical (unpaired) electrons. The van der Waals surface area contributed by atoms with Crippen LogP contribution in [0.15, 0.2) is 85.1 Å². The van der Waals surface area contributed by atoms with Crippen LogP contribution in [0, 0.1) is 6.92 Å². The number of aromatic nitrogens is 5. The van der Waals surface area contributed by atoms with Crippen LogP contribution < -0.4 is 10.1 Å². The largest absolute Gasteiger partial charge is 0.439 e. The van der Waals surface area contributed by atoms with Gasteiger partial charge in [-0.2, -0.15) is 10.1 Å². The molecule has 3 aromatic heterocycles. The Morgan fingerprint density at radius 2 is 1.73 bits per heavy atom. The molecule has 0 atom stereocenters. The molecule has 0 unspecified atom stereocenters. The lowest BCUT2D eigenvalue weighted by atomic mass is 10.1. The molecule has 0 aliphatic heterocycles. The van der Waals surface area contributed by atoms with Crippen LogP contribution in [0.25, 0.3) is 33.2 Å². The fourth-order valence-electron chi connectivity index (χ4n) is 3.86. The third-order valence-corrected chi connectivity index (χ3v) is 5.40. The van der Waals surface area contributed by atoms with Crippen LogP contribution in [-0.2, 0) is 0 Å². The quantitative estimate of drug-likeness (QED) is 0.295. The third kappa shape index (κ3) is 3.87. The number of anilines is 2. The Kier molecular flexibility index (Phi) is 4.51. The third-order valence-electron chi connectivity index (χ3n) is 5.40. The molecular formula is C26H20N6O. The van der Waals surface area contributed by atoms with Gasteiger partial charge in [0.25, 0.3) is 0 Å². The van der Waals surface area contributed by atoms with Crippen LogP contribution in [0.5, 0.6) is 11.6 Å². The summed E-state index contributed by atoms with van der Waals surface area (Å²) in [4.78, 5) is 12.9. The Bertz CT molecular complexity index is 1590. The summed E-state index contributed by atoms with van der Waals surface area (Å²) in [6.45, 7) is 2.05. The van der Waals surface area contributed by atoms with Crippen molar-refractivity contribution >= 4 is 33.3 Å². The number of aromatic amines is 2. The molecule has 7 heteroatoms. The predicted molar refractivity (Wildman–Crippen MR) is 130 cm³/mol. The average Bonchev–Trinajstić information content (AvgIpc) is 3.44. The Balaban J connectivity index is 1.42. The number of H-pyrrole nitrogens is 2. The highest BCUT2D eigenvalue weighted by atomic mass is 16.5. The number of benzene rings is 3. The van der Waals surface area contributed by atoms with Gasteiger partial charge in [0.1, 0.15) is 11.6 Å². The van der Waals surface area contributed by atoms with E-state index in [4.69, 9.17) is 14.7 Å². The van der Waals surface area contributed by atoms with Crippen LogP contribution in [-0.4, -0.2) is 25.1 Å². The summed E-state index contributed by atoms with van der Waals surface area (Å²) in [5.41, 5.74) is 4.93. The first-order valence-electron chi connectivity index (χ1n) is 10.6. The highest BCUT2D eigenvalue weighted by Gasteiger charge is 2.11. The zero-order valence-corrected chi connectivity index (χ0v) is 17.8. The predicted octanol–water partition coefficient (Wildman–Crippen LogP) is 6.35. The maximum absolute atomic E-state index is 6.05. The molecule has 0 spiro atoms. The molecule has 0 amide bonds. The van der Waals surface area contributed by atoms with Gasteiger partial charge in [0.2, 0.25) is 5.88 Å². The van der Waals surface area contributed by atoms with Crippen molar-refractivity contribution in [3.63, 3.8) is 0 Å². The maximum atomic E-state index is 6.05. The molecule has 6 aromatic rings. The van der Waals surface area contributed by atoms with Crippen LogP contribution in [0.4, 0.5) is 11.5 Å². The first kappa shape index (κ1) is 19.1. The second-order valence-corrected chi connectivity index (χ2v) is 7.88. The fourth-order valence-corrected chi connectivity index (χ4v) is 3.86. The highest BCUT2D eigenvalue weighted by Crippen LogP contribution is 2.29. The minimum absolute atomic E-state index is 0.459. The summed E-state index contributed by atoms with van der Waals surface area (Å²) in [7, 11) is 0. The maximum Gasteiger partial charge on any atom is 0.224 e. The normalized spacial score (nSPS) is 11.2. The van der Waals surface area contributed by atoms with Crippen molar-refractivity contribution in [2.45, 2.75) is 6.92 Å². The van der Waals surface area contributed by atoms with E-state index in [1.165, 1.54) is 0 Å². The lowest BCUT2D eigenvalue weighted by molar-refractivity contribution is 0.463. The van der Waals surface area contributed by atoms with Crippen LogP contribution in [0.2, 0.25) is 0 Å². The molecule has 0 fully saturated rings. The number of rotatable bonds is 5. The summed E-state index contributed by atoms with van der Waals surface area (Å²) >= 11 is 0. The van der Waals surface area contributed by atoms with E-state index < -0.39 is 0 Å². The molecule has 0 saturated carbocycles. The molecule has 3 heterocycles. The number of aryl methyl sites for hydroxylation is 1. The fraction of sp³-hybridized carbons (Fsp3) is 0.0385. The smallest absolute Gasteiger partial charge is 0.224 e. The van der Waals surface area contributed by atoms with Gasteiger partial charge in [-0.1, -0.05) is 30.3 Å². The first-order valence-corrected chi connectivity index (χ1v) is 10.6. The first-order chi connectivity index (χ1) is 16.2. The molecule has 3 N–H and O–H groups in total. The molecule has 3 aromatic carbocycles. The van der Waals surface area contributed by atoms with E-state index in [-0.39, 0.29) is 0 Å². The van der Waals surface area contributed by atoms with Crippen LogP contribution in [0.3, 0.4) is 0 Å². The molecule has 0 aliphatic carbocycles. The van der Waals surface area contributed by atoms with Crippen molar-refractivity contribution in [3.8, 4) is 23.0 Å². The second-order valence-electron chi connectivity index (χ2n) is 7.88. The zero-order valence-electron chi connectivity index (χ0n) is 17.8. The molecule has 160 valence electrons. The SMILES string of the molecule is Cc1cc2ccc(-c3nc(Nc4ccc5[nH]ncc5c4)cc(Oc4ccccc4)n3)cc2[nH]1. The van der Waals surface area contributed by atoms with Crippen molar-refractivity contribution in [1.29, 1.82) is 0 Å². The topological polar surface area (TPSA) is 91.5 Å². The molecule has 0 bridgehead atoms. The van der Waals surface area contributed by atoms with Gasteiger partial charge in [0.05, 0.1) is 11.7 Å². The highest BCUT2D eigenvalue weighted by molar-refractivity contribution is 5.85. The van der Waals surface area contributed by atoms with Crippen molar-refractivity contribution < 1.29 is 4.74 Å². The van der Waals surface area contributed by atoms with E-state index in [1.807, 2.05) is 61.5 Å². The number of ether oxygens (including phenoxy) is 1. The minimum Gasteiger partial charge on any atom is -0.439 e. The van der Waals surface area contributed by atoms with Gasteiger partial charge >= 0.3 is 0 Å². The molecule has 0 aliphatic rings. The van der Waals surface area contributed by atoms with Gasteiger partial charge in [0.15, 0.2) is 5.82 Å². The number of para-hydroxylation sites is 1. The zero-order chi connectivity index (χ0) is 22.2. The van der Waals surface area contributed by atoms with Crippen molar-refractivity contribution in [2.24, 2.45) is 0 Å². The van der Waals surface area contributed by atoms with E-state index in [2.05, 4.69) is 38.7 Å². The van der Waals surface area contributed by atoms with Crippen molar-refractivity contribution in [2.75, 3.05) is 5.32 Å². The molecular weight excluding hydrogens is 412 g/mol. The lowest BCUT2D eigenvalue weighted by Crippen LogP contribution is -2.00. The minimum atomic E-state index is 0.459. The van der Waals surface area contributed by atoms with Gasteiger partial charge in [0, 0.05) is 33.9 Å². The number of hydrogen-bond donors (Lipinski definition) is 3. The Morgan fingerprint density at radius 3 is 2.64 bits per heavy atom. The van der Waals surface area contributed by atoms with Crippen LogP contribution >= 0.6 is 0 Å². The molecule has 33 heavy (non-hydrogen) atoms. The summed E-state index contributed by atoms with van der Waals surface area (Å²) in [6.07, 6.45) is 1.80. The van der Waals surface area contributed by atoms with E-state index in [1.54, 1.807) is 12.3 Å². The second kappa shape index (κ2) is 7.80. The van der Waals surface area contributed by atoms with Gasteiger partial charge in [-0.3, -0.25) is 5.10 Å². The Labute approximate surface area is 189 Å². The standard InChI is InChI=1S/C26H20N6O/c1-16-11-17-7-8-18(13-23(17)28-16)26-30-24(14-25(31-26)33-21-5-3-2-4-6-21)29-20-9-10-22-19(12-20)15-27-32-22/h2-15,28H,1H3,(H,27,32)(H,29,30,31). The van der Waals surface area contributed by atoms with Crippen molar-refractivity contribution in [1.82, 2.24) is 25.1 Å². The van der Waals surface area contributed by atoms with Gasteiger partial charge in [-0.05, 0) is 54.8 Å². The summed E-state index contributed by atoms with van der Waals surface area (Å²) in [5, 5.41) is 12.6. The number of fused-ring (bicyclic) bond motifs is 2. The van der Waals surface area contributed by atoms with E-state index in [9.17, 15) is 0 Å². The summed E-state index contributed by atoms with van der Waals surface area (Å²) in [6, 6.07) is 25.7. The van der Waals surface area contributed by atoms with Crippen LogP contribution in [0.1, 0.15) is 5.69 Å². The average molecular weight is 432 g/mol. The number of nitrogens with zero attached hydrogens (tertiary/aromatic N) is 3. The lowest BCUT2D eigenvalue weighted by Gasteiger charge is -2.11. The van der Waals surface area contributed by atoms with E-state index >= 15 is 0 Å². The summed E-state index contributed by atoms with van der Waals surface area (Å²) in [5.74, 6) is 2.38. The van der Waals surface area contributed by atoms with E-state index in [0.29, 0.717) is 23.3 Å². The molecule has 6 rings (SSSR count). The Hall–Kier alpha value is -4.65. The molecule has 0 saturated heterocycles. The molecule has 7 nitrogen and oxygen atoms in total. The number of nitrogens with one attached hydrogen (secondary N) is 3. The van der Waals surface area contributed by atoms with Gasteiger partial charge < -0.3 is 15.0 Å². The monoisotopic (exact) mass is 432 g/mol.